The quantitative estimate of drug-likeness (QED) is 0.0161. The lowest BCUT2D eigenvalue weighted by Gasteiger charge is -2.28. The first-order valence-electron chi connectivity index (χ1n) is 29.7. The average Bonchev–Trinajstić information content (AvgIpc) is 1.88. The molecule has 0 saturated carbocycles. The molecule has 1 aliphatic rings. The lowest BCUT2D eigenvalue weighted by molar-refractivity contribution is -0.136. The summed E-state index contributed by atoms with van der Waals surface area (Å²) >= 11 is 3.68. The van der Waals surface area contributed by atoms with E-state index in [9.17, 15) is 68.3 Å². The zero-order valence-corrected chi connectivity index (χ0v) is 51.8. The van der Waals surface area contributed by atoms with Crippen molar-refractivity contribution in [1.82, 2.24) is 37.2 Å². The van der Waals surface area contributed by atoms with Crippen molar-refractivity contribution < 1.29 is 75.1 Å². The fourth-order valence-corrected chi connectivity index (χ4v) is 8.78. The van der Waals surface area contributed by atoms with Gasteiger partial charge < -0.3 is 85.8 Å². The van der Waals surface area contributed by atoms with E-state index in [0.717, 1.165) is 17.5 Å². The first kappa shape index (κ1) is 77.7. The molecular weight excluding hydrogens is 1170 g/mol. The number of ketones is 1. The number of halogens is 1. The van der Waals surface area contributed by atoms with Crippen molar-refractivity contribution in [1.29, 1.82) is 0 Å². The summed E-state index contributed by atoms with van der Waals surface area (Å²) in [6, 6.07) is 23.8. The zero-order valence-electron chi connectivity index (χ0n) is 51.9. The van der Waals surface area contributed by atoms with Gasteiger partial charge in [0.25, 0.3) is 0 Å². The molecule has 1 aliphatic heterocycles. The molecule has 1 heterocycles. The lowest BCUT2D eigenvalue weighted by Crippen LogP contribution is -2.61. The maximum Gasteiger partial charge on any atom is 0.245 e. The number of amides is 6. The summed E-state index contributed by atoms with van der Waals surface area (Å²) in [6.07, 6.45) is 0.266. The number of carbonyl (C=O) groups is 8. The Balaban J connectivity index is 0.000000734. The van der Waals surface area contributed by atoms with Gasteiger partial charge in [-0.2, -0.15) is 0 Å². The van der Waals surface area contributed by atoms with E-state index >= 15 is 0 Å². The van der Waals surface area contributed by atoms with Crippen LogP contribution in [0.4, 0.5) is 4.39 Å². The molecule has 5 rings (SSSR count). The van der Waals surface area contributed by atoms with Crippen LogP contribution in [0.5, 0.6) is 11.5 Å². The summed E-state index contributed by atoms with van der Waals surface area (Å²) in [7, 11) is -1.00. The first-order valence-corrected chi connectivity index (χ1v) is 29.5. The van der Waals surface area contributed by atoms with E-state index in [-0.39, 0.29) is 48.2 Å². The van der Waals surface area contributed by atoms with Crippen molar-refractivity contribution in [3.8, 4) is 11.5 Å². The summed E-state index contributed by atoms with van der Waals surface area (Å²) in [4.78, 5) is 101. The number of nitrogens with two attached hydrogens (primary N) is 4. The molecule has 89 heavy (non-hydrogen) atoms. The summed E-state index contributed by atoms with van der Waals surface area (Å²) in [6.45, 7) is 7.58. The van der Waals surface area contributed by atoms with Crippen molar-refractivity contribution in [3.63, 3.8) is 0 Å². The molecule has 1 saturated heterocycles. The number of phenols is 2. The number of aromatic hydroxyl groups is 2. The standard InChI is InChI=1S/C31H45N5O7.C19H30N4O5S.C11H14N2O.CH3F.H2O/c1-19(37)27(26(40)16-13-21-8-4-3-5-9-21)35-31(43)28(20(2)38)36-30(42)25(18-22-11-14-23(39)15-12-22)34-29(41)24(33)10-6-7-17-32;1-11(24)16(19(28)29)23-18(27)15(10-12-5-7-13(25)8-6-12)22-17(26)14(21)4-2-3-9-20;1-8-10(13-8)11(14)12-7-9-5-3-2-4-6-9;1-2;/h3-5,8-9,11-12,14-15,19-20,24-25,27-28,37-39H,6-7,10,13,16-18,32-33H2,1-2H3,(H,34,41)(H,35,43)(H,36,42);5-8,11,14-16,24-25H,2-4,9-10,20-21H2,1H3,(H,22,26)(H,23,27)(H,28,29);2-6,8,10,13H,7H2,1H3,(H,12,14);1H3;1H2/t19-,20-,24+,25+,27+,28?;11-,14+,15+,16?;8-,10-;;/m110../s1/i;;;1D;. The van der Waals surface area contributed by atoms with Crippen LogP contribution in [0, 0.1) is 0 Å². The maximum absolute atomic E-state index is 13.4. The second-order valence-corrected chi connectivity index (χ2v) is 21.7. The van der Waals surface area contributed by atoms with E-state index < -0.39 is 108 Å². The molecule has 4 aromatic rings. The molecule has 22 N–H and O–H groups in total. The maximum atomic E-state index is 13.4. The van der Waals surface area contributed by atoms with Gasteiger partial charge in [-0.05, 0) is 119 Å². The van der Waals surface area contributed by atoms with Gasteiger partial charge in [-0.1, -0.05) is 97.8 Å². The van der Waals surface area contributed by atoms with Gasteiger partial charge in [0.2, 0.25) is 40.6 Å². The van der Waals surface area contributed by atoms with Crippen LogP contribution in [0.2, 0.25) is 0 Å². The van der Waals surface area contributed by atoms with E-state index in [0.29, 0.717) is 75.3 Å². The van der Waals surface area contributed by atoms with Gasteiger partial charge in [0, 0.05) is 31.8 Å². The summed E-state index contributed by atoms with van der Waals surface area (Å²) < 4.78 is 15.5. The van der Waals surface area contributed by atoms with Gasteiger partial charge in [0.05, 0.1) is 38.9 Å². The number of Topliss-reactive ketones (excluding diaryl/α,β-unsaturated/α-hetero) is 1. The summed E-state index contributed by atoms with van der Waals surface area (Å²) in [5.74, 6) is -3.63. The number of aliphatic hydroxyl groups excluding tert-OH is 3. The molecule has 2 unspecified atom stereocenters. The minimum atomic E-state index is -1.51. The van der Waals surface area contributed by atoms with Crippen LogP contribution >= 0.6 is 12.6 Å². The third-order valence-electron chi connectivity index (χ3n) is 13.8. The molecule has 6 amide bonds. The molecule has 4 aromatic carbocycles. The highest BCUT2D eigenvalue weighted by atomic mass is 32.1. The molecular formula is C62H94FN11O14S. The number of phenolic OH excluding ortho intramolecular Hbond substituents is 2. The van der Waals surface area contributed by atoms with Crippen LogP contribution in [-0.4, -0.2) is 170 Å². The predicted octanol–water partition coefficient (Wildman–Crippen LogP) is -0.569. The monoisotopic (exact) mass is 1270 g/mol. The second-order valence-electron chi connectivity index (χ2n) is 21.3. The third-order valence-corrected chi connectivity index (χ3v) is 14.1. The normalized spacial score (nSPS) is 16.3. The Kier molecular flexibility index (Phi) is 37.8. The van der Waals surface area contributed by atoms with Gasteiger partial charge in [-0.15, -0.1) is 12.6 Å². The van der Waals surface area contributed by atoms with Crippen molar-refractivity contribution in [2.45, 2.75) is 171 Å². The Labute approximate surface area is 526 Å². The van der Waals surface area contributed by atoms with Crippen LogP contribution in [0.15, 0.2) is 109 Å². The molecule has 1 fully saturated rings. The van der Waals surface area contributed by atoms with E-state index in [1.54, 1.807) is 24.3 Å². The van der Waals surface area contributed by atoms with Gasteiger partial charge in [-0.3, -0.25) is 48.1 Å². The topological polar surface area (TPSA) is 467 Å². The molecule has 0 aromatic heterocycles. The fourth-order valence-electron chi connectivity index (χ4n) is 8.50. The van der Waals surface area contributed by atoms with Crippen molar-refractivity contribution >= 4 is 59.0 Å². The Hall–Kier alpha value is -7.44. The molecule has 27 heteroatoms. The Morgan fingerprint density at radius 1 is 0.573 bits per heavy atom. The van der Waals surface area contributed by atoms with Crippen LogP contribution < -0.4 is 60.2 Å². The molecule has 0 aliphatic carbocycles. The molecule has 12 atom stereocenters. The number of unbranched alkanes of at least 4 members (excludes halogenated alkanes) is 2. The summed E-state index contributed by atoms with van der Waals surface area (Å²) in [5, 5.41) is 67.2. The minimum absolute atomic E-state index is 0. The fraction of sp³-hybridized carbons (Fsp3) is 0.484. The predicted molar refractivity (Wildman–Crippen MR) is 339 cm³/mol. The van der Waals surface area contributed by atoms with Crippen molar-refractivity contribution in [3.05, 3.63) is 131 Å². The second kappa shape index (κ2) is 43.3. The first-order chi connectivity index (χ1) is 42.3. The third kappa shape index (κ3) is 31.0. The average molecular weight is 1270 g/mol. The van der Waals surface area contributed by atoms with Crippen LogP contribution in [-0.2, 0) is 64.2 Å². The smallest absolute Gasteiger partial charge is 0.245 e. The van der Waals surface area contributed by atoms with Gasteiger partial charge in [0.15, 0.2) is 5.78 Å². The number of benzene rings is 4. The molecule has 494 valence electrons. The zero-order chi connectivity index (χ0) is 66.6. The number of hydrogen-bond acceptors (Lipinski definition) is 18. The Bertz CT molecular complexity index is 2770. The molecule has 0 bridgehead atoms. The number of aliphatic hydroxyl groups is 3. The van der Waals surface area contributed by atoms with Gasteiger partial charge in [0.1, 0.15) is 47.8 Å². The number of thiol groups is 1. The van der Waals surface area contributed by atoms with E-state index in [2.05, 4.69) is 49.8 Å². The SMILES string of the molecule is C[C@@H](O)C(NC(=O)[C@H](Cc1ccc(O)cc1)NC(=O)[C@@H](N)CCCCN)C(=O)N[C@H](C(=O)CCc1ccccc1)[C@@H](C)O.C[C@@H](O)C(NC(=O)[C@H](Cc1ccc(O)cc1)NC(=O)[C@@H](N)CCCCN)C(=O)S.C[C@@H]1N[C@@H]1C(=O)NCc1ccccc1.O.[2H]CF. The largest absolute Gasteiger partial charge is 0.508 e. The van der Waals surface area contributed by atoms with E-state index in [1.807, 2.05) is 67.6 Å². The van der Waals surface area contributed by atoms with Crippen molar-refractivity contribution in [2.75, 3.05) is 20.2 Å². The molecule has 0 spiro atoms. The minimum Gasteiger partial charge on any atom is -0.508 e. The Morgan fingerprint density at radius 2 is 0.955 bits per heavy atom. The van der Waals surface area contributed by atoms with Crippen LogP contribution in [0.1, 0.15) is 96.3 Å². The number of rotatable bonds is 33. The van der Waals surface area contributed by atoms with E-state index in [4.69, 9.17) is 24.3 Å². The number of carbonyl (C=O) groups excluding carboxylic acids is 8. The molecule has 25 nitrogen and oxygen atoms in total. The summed E-state index contributed by atoms with van der Waals surface area (Å²) in [5.41, 5.74) is 26.2. The van der Waals surface area contributed by atoms with E-state index in [1.165, 1.54) is 45.0 Å². The highest BCUT2D eigenvalue weighted by Gasteiger charge is 2.38. The number of aryl methyl sites for hydroxylation is 1. The Morgan fingerprint density at radius 3 is 1.33 bits per heavy atom. The van der Waals surface area contributed by atoms with Gasteiger partial charge >= 0.3 is 0 Å². The van der Waals surface area contributed by atoms with Crippen LogP contribution in [0.25, 0.3) is 0 Å². The highest BCUT2D eigenvalue weighted by Crippen LogP contribution is 2.16. The number of alkyl halides is 1. The van der Waals surface area contributed by atoms with Crippen molar-refractivity contribution in [2.24, 2.45) is 22.9 Å². The number of hydrogen-bond donors (Lipinski definition) is 17. The number of nitrogens with one attached hydrogen (secondary N) is 7. The highest BCUT2D eigenvalue weighted by molar-refractivity contribution is 7.96. The molecule has 0 radical (unpaired) electrons. The van der Waals surface area contributed by atoms with Gasteiger partial charge in [-0.25, -0.2) is 0 Å². The van der Waals surface area contributed by atoms with Crippen LogP contribution in [0.3, 0.4) is 0 Å². The lowest BCUT2D eigenvalue weighted by atomic mass is 9.99.